The molecule has 0 bridgehead atoms. The Kier molecular flexibility index (Phi) is 3.82. The SMILES string of the molecule is Cc1cc(N)ccc1N=Nc1ccc(S(=O)(=O)O)cc1. The van der Waals surface area contributed by atoms with Crippen molar-refractivity contribution in [2.75, 3.05) is 5.73 Å². The molecule has 0 fully saturated rings. The zero-order valence-electron chi connectivity index (χ0n) is 10.7. The lowest BCUT2D eigenvalue weighted by Crippen LogP contribution is -1.96. The molecule has 20 heavy (non-hydrogen) atoms. The smallest absolute Gasteiger partial charge is 0.294 e. The van der Waals surface area contributed by atoms with Crippen LogP contribution in [-0.2, 0) is 10.1 Å². The van der Waals surface area contributed by atoms with Crippen LogP contribution in [0, 0.1) is 6.92 Å². The van der Waals surface area contributed by atoms with Gasteiger partial charge in [-0.2, -0.15) is 18.6 Å². The van der Waals surface area contributed by atoms with Crippen LogP contribution in [0.1, 0.15) is 5.56 Å². The summed E-state index contributed by atoms with van der Waals surface area (Å²) in [6, 6.07) is 10.7. The minimum absolute atomic E-state index is 0.180. The Morgan fingerprint density at radius 3 is 2.25 bits per heavy atom. The topological polar surface area (TPSA) is 105 Å². The van der Waals surface area contributed by atoms with E-state index in [1.54, 1.807) is 18.2 Å². The van der Waals surface area contributed by atoms with Crippen LogP contribution in [0.4, 0.5) is 17.1 Å². The summed E-state index contributed by atoms with van der Waals surface area (Å²) in [7, 11) is -4.18. The van der Waals surface area contributed by atoms with E-state index in [-0.39, 0.29) is 4.90 Å². The van der Waals surface area contributed by atoms with Gasteiger partial charge in [0, 0.05) is 5.69 Å². The van der Waals surface area contributed by atoms with Crippen LogP contribution in [0.25, 0.3) is 0 Å². The number of azo groups is 1. The maximum atomic E-state index is 10.9. The first-order valence-electron chi connectivity index (χ1n) is 5.72. The van der Waals surface area contributed by atoms with Crippen molar-refractivity contribution in [3.63, 3.8) is 0 Å². The largest absolute Gasteiger partial charge is 0.399 e. The summed E-state index contributed by atoms with van der Waals surface area (Å²) in [5, 5.41) is 8.06. The fraction of sp³-hybridized carbons (Fsp3) is 0.0769. The molecular weight excluding hydrogens is 278 g/mol. The van der Waals surface area contributed by atoms with Gasteiger partial charge in [0.2, 0.25) is 0 Å². The Balaban J connectivity index is 2.24. The molecule has 0 saturated carbocycles. The fourth-order valence-corrected chi connectivity index (χ4v) is 2.07. The molecule has 0 aromatic heterocycles. The highest BCUT2D eigenvalue weighted by Crippen LogP contribution is 2.24. The van der Waals surface area contributed by atoms with Gasteiger partial charge >= 0.3 is 0 Å². The van der Waals surface area contributed by atoms with Gasteiger partial charge < -0.3 is 5.73 Å². The molecule has 7 heteroatoms. The highest BCUT2D eigenvalue weighted by Gasteiger charge is 2.08. The molecule has 0 saturated heterocycles. The first-order chi connectivity index (χ1) is 9.36. The molecule has 2 aromatic rings. The van der Waals surface area contributed by atoms with E-state index < -0.39 is 10.1 Å². The Hall–Kier alpha value is -2.25. The van der Waals surface area contributed by atoms with Crippen molar-refractivity contribution in [3.05, 3.63) is 48.0 Å². The summed E-state index contributed by atoms with van der Waals surface area (Å²) in [5.74, 6) is 0. The maximum absolute atomic E-state index is 10.9. The zero-order valence-corrected chi connectivity index (χ0v) is 11.5. The second-order valence-corrected chi connectivity index (χ2v) is 5.64. The number of hydrogen-bond acceptors (Lipinski definition) is 5. The lowest BCUT2D eigenvalue weighted by molar-refractivity contribution is 0.483. The van der Waals surface area contributed by atoms with Crippen LogP contribution in [0.5, 0.6) is 0 Å². The summed E-state index contributed by atoms with van der Waals surface area (Å²) < 4.78 is 30.6. The summed E-state index contributed by atoms with van der Waals surface area (Å²) in [4.78, 5) is -0.180. The molecule has 0 aliphatic heterocycles. The van der Waals surface area contributed by atoms with Crippen molar-refractivity contribution in [1.82, 2.24) is 0 Å². The second kappa shape index (κ2) is 5.40. The first kappa shape index (κ1) is 14.2. The number of hydrogen-bond donors (Lipinski definition) is 2. The summed E-state index contributed by atoms with van der Waals surface area (Å²) >= 11 is 0. The summed E-state index contributed by atoms with van der Waals surface area (Å²) in [5.41, 5.74) is 8.34. The van der Waals surface area contributed by atoms with Crippen molar-refractivity contribution in [2.24, 2.45) is 10.2 Å². The average Bonchev–Trinajstić information content (AvgIpc) is 2.37. The van der Waals surface area contributed by atoms with Crippen molar-refractivity contribution in [3.8, 4) is 0 Å². The molecule has 104 valence electrons. The number of aryl methyl sites for hydroxylation is 1. The van der Waals surface area contributed by atoms with E-state index in [9.17, 15) is 8.42 Å². The van der Waals surface area contributed by atoms with Crippen LogP contribution in [0.2, 0.25) is 0 Å². The van der Waals surface area contributed by atoms with Gasteiger partial charge in [-0.3, -0.25) is 4.55 Å². The molecule has 6 nitrogen and oxygen atoms in total. The van der Waals surface area contributed by atoms with E-state index in [4.69, 9.17) is 10.3 Å². The third-order valence-corrected chi connectivity index (χ3v) is 3.50. The summed E-state index contributed by atoms with van der Waals surface area (Å²) in [6.07, 6.45) is 0. The van der Waals surface area contributed by atoms with E-state index in [1.807, 2.05) is 6.92 Å². The van der Waals surface area contributed by atoms with Gasteiger partial charge in [0.15, 0.2) is 0 Å². The molecule has 3 N–H and O–H groups in total. The van der Waals surface area contributed by atoms with Gasteiger partial charge in [-0.1, -0.05) is 0 Å². The van der Waals surface area contributed by atoms with Crippen LogP contribution < -0.4 is 5.73 Å². The fourth-order valence-electron chi connectivity index (χ4n) is 1.59. The number of nitrogens with two attached hydrogens (primary N) is 1. The highest BCUT2D eigenvalue weighted by molar-refractivity contribution is 7.85. The van der Waals surface area contributed by atoms with Gasteiger partial charge in [-0.25, -0.2) is 0 Å². The molecule has 2 aromatic carbocycles. The standard InChI is InChI=1S/C13H13N3O3S/c1-9-8-10(14)2-7-13(9)16-15-11-3-5-12(6-4-11)20(17,18)19/h2-8H,14H2,1H3,(H,17,18,19). The van der Waals surface area contributed by atoms with E-state index in [0.29, 0.717) is 17.1 Å². The minimum Gasteiger partial charge on any atom is -0.399 e. The maximum Gasteiger partial charge on any atom is 0.294 e. The third-order valence-electron chi connectivity index (χ3n) is 2.63. The Morgan fingerprint density at radius 2 is 1.70 bits per heavy atom. The molecule has 0 unspecified atom stereocenters. The van der Waals surface area contributed by atoms with Crippen molar-refractivity contribution < 1.29 is 13.0 Å². The Labute approximate surface area is 116 Å². The van der Waals surface area contributed by atoms with E-state index >= 15 is 0 Å². The second-order valence-electron chi connectivity index (χ2n) is 4.21. The summed E-state index contributed by atoms with van der Waals surface area (Å²) in [6.45, 7) is 1.87. The number of nitrogen functional groups attached to an aromatic ring is 1. The van der Waals surface area contributed by atoms with Gasteiger partial charge in [0.05, 0.1) is 16.3 Å². The predicted octanol–water partition coefficient (Wildman–Crippen LogP) is 3.24. The molecule has 0 spiro atoms. The molecule has 0 heterocycles. The van der Waals surface area contributed by atoms with Crippen LogP contribution in [0.3, 0.4) is 0 Å². The van der Waals surface area contributed by atoms with Crippen LogP contribution in [-0.4, -0.2) is 13.0 Å². The first-order valence-corrected chi connectivity index (χ1v) is 7.16. The molecular formula is C13H13N3O3S. The Bertz CT molecular complexity index is 753. The number of benzene rings is 2. The van der Waals surface area contributed by atoms with Gasteiger partial charge in [-0.15, -0.1) is 0 Å². The predicted molar refractivity (Wildman–Crippen MR) is 76.0 cm³/mol. The number of anilines is 1. The molecule has 0 aliphatic carbocycles. The van der Waals surface area contributed by atoms with Gasteiger partial charge in [-0.05, 0) is 55.0 Å². The van der Waals surface area contributed by atoms with Crippen LogP contribution >= 0.6 is 0 Å². The van der Waals surface area contributed by atoms with Crippen molar-refractivity contribution >= 4 is 27.2 Å². The molecule has 0 aliphatic rings. The zero-order chi connectivity index (χ0) is 14.8. The normalized spacial score (nSPS) is 11.9. The Morgan fingerprint density at radius 1 is 1.05 bits per heavy atom. The van der Waals surface area contributed by atoms with Crippen LogP contribution in [0.15, 0.2) is 57.6 Å². The molecule has 0 amide bonds. The quantitative estimate of drug-likeness (QED) is 0.514. The monoisotopic (exact) mass is 291 g/mol. The third kappa shape index (κ3) is 3.40. The number of nitrogens with zero attached hydrogens (tertiary/aromatic N) is 2. The van der Waals surface area contributed by atoms with Gasteiger partial charge in [0.25, 0.3) is 10.1 Å². The minimum atomic E-state index is -4.18. The molecule has 2 rings (SSSR count). The van der Waals surface area contributed by atoms with Crippen molar-refractivity contribution in [2.45, 2.75) is 11.8 Å². The average molecular weight is 291 g/mol. The highest BCUT2D eigenvalue weighted by atomic mass is 32.2. The molecule has 0 atom stereocenters. The van der Waals surface area contributed by atoms with E-state index in [1.165, 1.54) is 24.3 Å². The van der Waals surface area contributed by atoms with E-state index in [2.05, 4.69) is 10.2 Å². The lowest BCUT2D eigenvalue weighted by Gasteiger charge is -2.00. The number of rotatable bonds is 3. The lowest BCUT2D eigenvalue weighted by atomic mass is 10.2. The van der Waals surface area contributed by atoms with Crippen molar-refractivity contribution in [1.29, 1.82) is 0 Å². The molecule has 0 radical (unpaired) electrons. The van der Waals surface area contributed by atoms with Gasteiger partial charge in [0.1, 0.15) is 0 Å². The van der Waals surface area contributed by atoms with E-state index in [0.717, 1.165) is 5.56 Å².